The molecule has 3 heterocycles. The number of nitrogens with zero attached hydrogens (tertiary/aromatic N) is 2. The fourth-order valence-corrected chi connectivity index (χ4v) is 3.67. The largest absolute Gasteiger partial charge is 0.454 e. The third-order valence-electron chi connectivity index (χ3n) is 5.38. The van der Waals surface area contributed by atoms with Gasteiger partial charge in [0, 0.05) is 42.5 Å². The number of anilines is 1. The molecule has 2 aromatic heterocycles. The van der Waals surface area contributed by atoms with Crippen molar-refractivity contribution in [2.24, 2.45) is 0 Å². The van der Waals surface area contributed by atoms with Crippen molar-refractivity contribution >= 4 is 11.6 Å². The van der Waals surface area contributed by atoms with Crippen molar-refractivity contribution in [1.29, 1.82) is 0 Å². The number of fused-ring (bicyclic) bond motifs is 1. The zero-order valence-electron chi connectivity index (χ0n) is 17.0. The second-order valence-electron chi connectivity index (χ2n) is 7.43. The molecule has 6 heteroatoms. The van der Waals surface area contributed by atoms with Crippen LogP contribution in [0, 0.1) is 6.92 Å². The number of rotatable bonds is 5. The molecule has 0 unspecified atom stereocenters. The van der Waals surface area contributed by atoms with Gasteiger partial charge in [-0.05, 0) is 53.9 Å². The number of amides is 1. The van der Waals surface area contributed by atoms with Crippen LogP contribution in [0.4, 0.5) is 5.69 Å². The molecule has 0 spiro atoms. The highest BCUT2D eigenvalue weighted by Crippen LogP contribution is 2.34. The summed E-state index contributed by atoms with van der Waals surface area (Å²) in [5, 5.41) is 2.99. The fraction of sp³-hybridized carbons (Fsp3) is 0.120. The smallest absolute Gasteiger partial charge is 0.272 e. The summed E-state index contributed by atoms with van der Waals surface area (Å²) >= 11 is 0. The first kappa shape index (κ1) is 18.9. The molecule has 6 nitrogen and oxygen atoms in total. The van der Waals surface area contributed by atoms with Crippen molar-refractivity contribution in [3.63, 3.8) is 0 Å². The summed E-state index contributed by atoms with van der Waals surface area (Å²) in [6.07, 6.45) is 5.51. The van der Waals surface area contributed by atoms with Crippen LogP contribution in [0.1, 0.15) is 21.6 Å². The van der Waals surface area contributed by atoms with Crippen molar-refractivity contribution in [1.82, 2.24) is 9.55 Å². The van der Waals surface area contributed by atoms with Gasteiger partial charge in [-0.1, -0.05) is 24.3 Å². The van der Waals surface area contributed by atoms with Crippen LogP contribution in [0.5, 0.6) is 11.5 Å². The predicted molar refractivity (Wildman–Crippen MR) is 118 cm³/mol. The lowest BCUT2D eigenvalue weighted by Gasteiger charge is -2.12. The lowest BCUT2D eigenvalue weighted by molar-refractivity contribution is 0.101. The summed E-state index contributed by atoms with van der Waals surface area (Å²) in [5.74, 6) is 1.12. The Kier molecular flexibility index (Phi) is 4.88. The van der Waals surface area contributed by atoms with Gasteiger partial charge in [0.15, 0.2) is 11.5 Å². The molecule has 0 bridgehead atoms. The third-order valence-corrected chi connectivity index (χ3v) is 5.38. The van der Waals surface area contributed by atoms with Crippen LogP contribution in [0.2, 0.25) is 0 Å². The Bertz CT molecular complexity index is 1250. The van der Waals surface area contributed by atoms with Gasteiger partial charge < -0.3 is 19.4 Å². The van der Waals surface area contributed by atoms with Crippen LogP contribution in [-0.4, -0.2) is 22.3 Å². The molecule has 31 heavy (non-hydrogen) atoms. The molecule has 154 valence electrons. The number of aryl methyl sites for hydroxylation is 1. The second-order valence-corrected chi connectivity index (χ2v) is 7.43. The van der Waals surface area contributed by atoms with E-state index in [4.69, 9.17) is 9.47 Å². The molecule has 2 aromatic carbocycles. The van der Waals surface area contributed by atoms with Gasteiger partial charge in [-0.25, -0.2) is 0 Å². The van der Waals surface area contributed by atoms with E-state index < -0.39 is 0 Å². The first-order valence-electron chi connectivity index (χ1n) is 10.0. The molecule has 0 aliphatic carbocycles. The average molecular weight is 411 g/mol. The van der Waals surface area contributed by atoms with Crippen LogP contribution in [0.15, 0.2) is 79.3 Å². The lowest BCUT2D eigenvalue weighted by atomic mass is 10.1. The number of aromatic nitrogens is 2. The van der Waals surface area contributed by atoms with E-state index in [1.807, 2.05) is 47.2 Å². The summed E-state index contributed by atoms with van der Waals surface area (Å²) in [5.41, 5.74) is 5.55. The molecule has 5 rings (SSSR count). The van der Waals surface area contributed by atoms with Gasteiger partial charge >= 0.3 is 0 Å². The van der Waals surface area contributed by atoms with E-state index in [9.17, 15) is 4.79 Å². The van der Waals surface area contributed by atoms with Gasteiger partial charge in [0.1, 0.15) is 5.69 Å². The van der Waals surface area contributed by atoms with E-state index in [0.717, 1.165) is 16.7 Å². The zero-order valence-corrected chi connectivity index (χ0v) is 17.0. The summed E-state index contributed by atoms with van der Waals surface area (Å²) in [4.78, 5) is 17.3. The quantitative estimate of drug-likeness (QED) is 0.508. The molecule has 4 aromatic rings. The molecule has 1 amide bonds. The molecule has 0 fully saturated rings. The maximum atomic E-state index is 13.2. The molecule has 1 N–H and O–H groups in total. The van der Waals surface area contributed by atoms with Crippen molar-refractivity contribution in [3.8, 4) is 22.6 Å². The Hall–Kier alpha value is -4.06. The van der Waals surface area contributed by atoms with Crippen LogP contribution in [0.25, 0.3) is 11.1 Å². The number of nitrogens with one attached hydrogen (secondary N) is 1. The number of pyridine rings is 1. The van der Waals surface area contributed by atoms with Gasteiger partial charge in [0.2, 0.25) is 6.79 Å². The normalized spacial score (nSPS) is 12.0. The molecule has 0 saturated carbocycles. The molecule has 1 aliphatic rings. The highest BCUT2D eigenvalue weighted by Gasteiger charge is 2.18. The maximum absolute atomic E-state index is 13.2. The van der Waals surface area contributed by atoms with Crippen LogP contribution < -0.4 is 14.8 Å². The van der Waals surface area contributed by atoms with Gasteiger partial charge in [0.05, 0.1) is 0 Å². The number of hydrogen-bond acceptors (Lipinski definition) is 4. The van der Waals surface area contributed by atoms with E-state index in [0.29, 0.717) is 29.4 Å². The number of carbonyl (C=O) groups excluding carboxylic acids is 1. The average Bonchev–Trinajstić information content (AvgIpc) is 3.43. The number of hydrogen-bond donors (Lipinski definition) is 1. The summed E-state index contributed by atoms with van der Waals surface area (Å²) in [6, 6.07) is 19.4. The highest BCUT2D eigenvalue weighted by atomic mass is 16.7. The minimum atomic E-state index is -0.187. The van der Waals surface area contributed by atoms with Crippen LogP contribution >= 0.6 is 0 Å². The van der Waals surface area contributed by atoms with E-state index in [1.54, 1.807) is 24.5 Å². The third kappa shape index (κ3) is 3.88. The Labute approximate surface area is 180 Å². The Morgan fingerprint density at radius 2 is 1.81 bits per heavy atom. The van der Waals surface area contributed by atoms with Gasteiger partial charge in [-0.3, -0.25) is 9.78 Å². The number of benzene rings is 2. The first-order valence-corrected chi connectivity index (χ1v) is 10.0. The first-order chi connectivity index (χ1) is 15.2. The van der Waals surface area contributed by atoms with E-state index in [2.05, 4.69) is 29.4 Å². The molecule has 0 radical (unpaired) electrons. The monoisotopic (exact) mass is 411 g/mol. The molecule has 0 saturated heterocycles. The Balaban J connectivity index is 1.49. The summed E-state index contributed by atoms with van der Waals surface area (Å²) in [7, 11) is 0. The van der Waals surface area contributed by atoms with Gasteiger partial charge in [-0.15, -0.1) is 0 Å². The zero-order chi connectivity index (χ0) is 21.2. The SMILES string of the molecule is Cc1ccccc1Cn1cc(-c2ccncc2)cc1C(=O)Nc1ccc2c(c1)OCO2. The number of carbonyl (C=O) groups is 1. The van der Waals surface area contributed by atoms with Crippen LogP contribution in [-0.2, 0) is 6.54 Å². The summed E-state index contributed by atoms with van der Waals surface area (Å²) < 4.78 is 12.8. The molecule has 1 aliphatic heterocycles. The lowest BCUT2D eigenvalue weighted by Crippen LogP contribution is -2.17. The van der Waals surface area contributed by atoms with E-state index in [-0.39, 0.29) is 12.7 Å². The van der Waals surface area contributed by atoms with Gasteiger partial charge in [-0.2, -0.15) is 0 Å². The van der Waals surface area contributed by atoms with Gasteiger partial charge in [0.25, 0.3) is 5.91 Å². The second kappa shape index (κ2) is 7.99. The fourth-order valence-electron chi connectivity index (χ4n) is 3.67. The Morgan fingerprint density at radius 1 is 1.00 bits per heavy atom. The maximum Gasteiger partial charge on any atom is 0.272 e. The number of ether oxygens (including phenoxy) is 2. The highest BCUT2D eigenvalue weighted by molar-refractivity contribution is 6.04. The molecule has 0 atom stereocenters. The van der Waals surface area contributed by atoms with Crippen molar-refractivity contribution in [3.05, 3.63) is 96.1 Å². The Morgan fingerprint density at radius 3 is 2.65 bits per heavy atom. The molecular weight excluding hydrogens is 390 g/mol. The minimum Gasteiger partial charge on any atom is -0.454 e. The van der Waals surface area contributed by atoms with Crippen molar-refractivity contribution in [2.75, 3.05) is 12.1 Å². The minimum absolute atomic E-state index is 0.187. The van der Waals surface area contributed by atoms with Crippen LogP contribution in [0.3, 0.4) is 0 Å². The molecular formula is C25H21N3O3. The topological polar surface area (TPSA) is 65.4 Å². The standard InChI is InChI=1S/C25H21N3O3/c1-17-4-2-3-5-19(17)14-28-15-20(18-8-10-26-11-9-18)12-22(28)25(29)27-21-6-7-23-24(13-21)31-16-30-23/h2-13,15H,14,16H2,1H3,(H,27,29). The van der Waals surface area contributed by atoms with E-state index in [1.165, 1.54) is 5.56 Å². The van der Waals surface area contributed by atoms with Crippen molar-refractivity contribution < 1.29 is 14.3 Å². The van der Waals surface area contributed by atoms with Crippen molar-refractivity contribution in [2.45, 2.75) is 13.5 Å². The van der Waals surface area contributed by atoms with E-state index >= 15 is 0 Å². The predicted octanol–water partition coefficient (Wildman–Crippen LogP) is 4.89. The summed E-state index contributed by atoms with van der Waals surface area (Å²) in [6.45, 7) is 2.87.